The van der Waals surface area contributed by atoms with Gasteiger partial charge in [-0.1, -0.05) is 0 Å². The van der Waals surface area contributed by atoms with Crippen LogP contribution in [0.5, 0.6) is 0 Å². The number of pyridine rings is 1. The summed E-state index contributed by atoms with van der Waals surface area (Å²) in [5, 5.41) is 8.65. The standard InChI is InChI=1S/C9H9N3O2/c1-12-7-2-3-10-5-6(7)11-8(12)4-9(13)14/h2-3,5H,4H2,1H3,(H,13,14). The van der Waals surface area contributed by atoms with Crippen molar-refractivity contribution in [3.8, 4) is 0 Å². The molecule has 0 spiro atoms. The monoisotopic (exact) mass is 191 g/mol. The van der Waals surface area contributed by atoms with Gasteiger partial charge in [-0.15, -0.1) is 0 Å². The molecule has 0 aromatic carbocycles. The maximum atomic E-state index is 10.5. The first-order valence-corrected chi connectivity index (χ1v) is 4.15. The average Bonchev–Trinajstić information content (AvgIpc) is 2.44. The summed E-state index contributed by atoms with van der Waals surface area (Å²) in [7, 11) is 1.80. The predicted octanol–water partition coefficient (Wildman–Crippen LogP) is 0.595. The second kappa shape index (κ2) is 3.10. The maximum absolute atomic E-state index is 10.5. The molecule has 0 unspecified atom stereocenters. The van der Waals surface area contributed by atoms with E-state index in [-0.39, 0.29) is 6.42 Å². The molecule has 0 bridgehead atoms. The summed E-state index contributed by atoms with van der Waals surface area (Å²) in [6, 6.07) is 1.81. The first kappa shape index (κ1) is 8.68. The van der Waals surface area contributed by atoms with Crippen LogP contribution in [0.4, 0.5) is 0 Å². The van der Waals surface area contributed by atoms with Crippen LogP contribution in [0, 0.1) is 0 Å². The van der Waals surface area contributed by atoms with Gasteiger partial charge in [-0.3, -0.25) is 9.78 Å². The van der Waals surface area contributed by atoms with Crippen LogP contribution in [0.1, 0.15) is 5.82 Å². The number of carbonyl (C=O) groups is 1. The molecule has 0 atom stereocenters. The second-order valence-corrected chi connectivity index (χ2v) is 3.02. The van der Waals surface area contributed by atoms with Crippen LogP contribution in [0.3, 0.4) is 0 Å². The van der Waals surface area contributed by atoms with Crippen molar-refractivity contribution in [1.82, 2.24) is 14.5 Å². The lowest BCUT2D eigenvalue weighted by Gasteiger charge is -1.97. The molecule has 2 aromatic rings. The van der Waals surface area contributed by atoms with Crippen LogP contribution < -0.4 is 0 Å². The minimum Gasteiger partial charge on any atom is -0.481 e. The van der Waals surface area contributed by atoms with Gasteiger partial charge in [-0.2, -0.15) is 0 Å². The minimum atomic E-state index is -0.878. The number of aliphatic carboxylic acids is 1. The molecule has 0 fully saturated rings. The molecular weight excluding hydrogens is 182 g/mol. The molecule has 72 valence electrons. The van der Waals surface area contributed by atoms with Gasteiger partial charge in [0.15, 0.2) is 0 Å². The number of carboxylic acid groups (broad SMARTS) is 1. The predicted molar refractivity (Wildman–Crippen MR) is 49.8 cm³/mol. The molecule has 0 saturated carbocycles. The van der Waals surface area contributed by atoms with E-state index >= 15 is 0 Å². The van der Waals surface area contributed by atoms with Crippen molar-refractivity contribution in [2.24, 2.45) is 7.05 Å². The highest BCUT2D eigenvalue weighted by atomic mass is 16.4. The first-order chi connectivity index (χ1) is 6.68. The topological polar surface area (TPSA) is 68.0 Å². The smallest absolute Gasteiger partial charge is 0.311 e. The van der Waals surface area contributed by atoms with Crippen LogP contribution in [-0.4, -0.2) is 25.6 Å². The number of fused-ring (bicyclic) bond motifs is 1. The van der Waals surface area contributed by atoms with E-state index in [0.717, 1.165) is 11.0 Å². The van der Waals surface area contributed by atoms with E-state index in [0.29, 0.717) is 5.82 Å². The molecule has 14 heavy (non-hydrogen) atoms. The van der Waals surface area contributed by atoms with Crippen LogP contribution >= 0.6 is 0 Å². The van der Waals surface area contributed by atoms with Gasteiger partial charge in [0.1, 0.15) is 17.8 Å². The summed E-state index contributed by atoms with van der Waals surface area (Å²) >= 11 is 0. The Bertz CT molecular complexity index is 490. The lowest BCUT2D eigenvalue weighted by Crippen LogP contribution is -2.06. The van der Waals surface area contributed by atoms with E-state index in [1.54, 1.807) is 24.0 Å². The summed E-state index contributed by atoms with van der Waals surface area (Å²) in [5.41, 5.74) is 1.63. The third kappa shape index (κ3) is 1.32. The number of rotatable bonds is 2. The van der Waals surface area contributed by atoms with E-state index in [1.807, 2.05) is 6.07 Å². The number of nitrogens with zero attached hydrogens (tertiary/aromatic N) is 3. The number of aromatic nitrogens is 3. The van der Waals surface area contributed by atoms with Crippen LogP contribution in [0.25, 0.3) is 11.0 Å². The molecule has 0 aliphatic rings. The Balaban J connectivity index is 2.57. The van der Waals surface area contributed by atoms with E-state index in [2.05, 4.69) is 9.97 Å². The lowest BCUT2D eigenvalue weighted by atomic mass is 10.4. The Hall–Kier alpha value is -1.91. The molecule has 1 N–H and O–H groups in total. The quantitative estimate of drug-likeness (QED) is 0.754. The van der Waals surface area contributed by atoms with Crippen molar-refractivity contribution in [2.45, 2.75) is 6.42 Å². The molecule has 2 aromatic heterocycles. The summed E-state index contributed by atoms with van der Waals surface area (Å²) < 4.78 is 1.77. The Kier molecular flexibility index (Phi) is 1.92. The molecule has 5 heteroatoms. The fourth-order valence-corrected chi connectivity index (χ4v) is 1.40. The van der Waals surface area contributed by atoms with Gasteiger partial charge in [0.2, 0.25) is 0 Å². The van der Waals surface area contributed by atoms with Crippen LogP contribution in [-0.2, 0) is 18.3 Å². The molecule has 2 heterocycles. The first-order valence-electron chi connectivity index (χ1n) is 4.15. The van der Waals surface area contributed by atoms with Gasteiger partial charge < -0.3 is 9.67 Å². The Morgan fingerprint density at radius 3 is 3.07 bits per heavy atom. The van der Waals surface area contributed by atoms with Gasteiger partial charge in [0, 0.05) is 13.2 Å². The van der Waals surface area contributed by atoms with E-state index in [1.165, 1.54) is 0 Å². The molecule has 0 amide bonds. The highest BCUT2D eigenvalue weighted by Crippen LogP contribution is 2.12. The number of imidazole rings is 1. The van der Waals surface area contributed by atoms with Crippen molar-refractivity contribution in [2.75, 3.05) is 0 Å². The second-order valence-electron chi connectivity index (χ2n) is 3.02. The number of hydrogen-bond acceptors (Lipinski definition) is 3. The minimum absolute atomic E-state index is 0.0643. The maximum Gasteiger partial charge on any atom is 0.311 e. The summed E-state index contributed by atoms with van der Waals surface area (Å²) in [4.78, 5) is 18.6. The van der Waals surface area contributed by atoms with Crippen LogP contribution in [0.15, 0.2) is 18.5 Å². The van der Waals surface area contributed by atoms with Gasteiger partial charge in [-0.25, -0.2) is 4.98 Å². The molecule has 2 rings (SSSR count). The normalized spacial score (nSPS) is 10.6. The van der Waals surface area contributed by atoms with Crippen LogP contribution in [0.2, 0.25) is 0 Å². The Morgan fingerprint density at radius 2 is 2.43 bits per heavy atom. The Labute approximate surface area is 80.0 Å². The zero-order valence-corrected chi connectivity index (χ0v) is 7.64. The van der Waals surface area contributed by atoms with Crippen molar-refractivity contribution in [1.29, 1.82) is 0 Å². The van der Waals surface area contributed by atoms with Crippen molar-refractivity contribution >= 4 is 17.0 Å². The van der Waals surface area contributed by atoms with Crippen molar-refractivity contribution in [3.05, 3.63) is 24.3 Å². The number of carboxylic acids is 1. The summed E-state index contributed by atoms with van der Waals surface area (Å²) in [6.07, 6.45) is 3.22. The van der Waals surface area contributed by atoms with Crippen molar-refractivity contribution in [3.63, 3.8) is 0 Å². The van der Waals surface area contributed by atoms with Gasteiger partial charge >= 0.3 is 5.97 Å². The molecule has 0 saturated heterocycles. The van der Waals surface area contributed by atoms with E-state index in [9.17, 15) is 4.79 Å². The van der Waals surface area contributed by atoms with E-state index < -0.39 is 5.97 Å². The zero-order chi connectivity index (χ0) is 10.1. The molecule has 0 radical (unpaired) electrons. The van der Waals surface area contributed by atoms with Gasteiger partial charge in [-0.05, 0) is 6.07 Å². The SMILES string of the molecule is Cn1c(CC(=O)O)nc2cnccc21. The Morgan fingerprint density at radius 1 is 1.64 bits per heavy atom. The van der Waals surface area contributed by atoms with Gasteiger partial charge in [0.25, 0.3) is 0 Å². The average molecular weight is 191 g/mol. The molecule has 0 aliphatic heterocycles. The van der Waals surface area contributed by atoms with Crippen molar-refractivity contribution < 1.29 is 9.90 Å². The zero-order valence-electron chi connectivity index (χ0n) is 7.64. The fourth-order valence-electron chi connectivity index (χ4n) is 1.40. The van der Waals surface area contributed by atoms with Gasteiger partial charge in [0.05, 0.1) is 11.7 Å². The molecule has 5 nitrogen and oxygen atoms in total. The molecule has 0 aliphatic carbocycles. The third-order valence-corrected chi connectivity index (χ3v) is 2.09. The highest BCUT2D eigenvalue weighted by Gasteiger charge is 2.09. The lowest BCUT2D eigenvalue weighted by molar-refractivity contribution is -0.136. The highest BCUT2D eigenvalue weighted by molar-refractivity contribution is 5.76. The summed E-state index contributed by atoms with van der Waals surface area (Å²) in [6.45, 7) is 0. The van der Waals surface area contributed by atoms with E-state index in [4.69, 9.17) is 5.11 Å². The number of aryl methyl sites for hydroxylation is 1. The fraction of sp³-hybridized carbons (Fsp3) is 0.222. The third-order valence-electron chi connectivity index (χ3n) is 2.09. The number of hydrogen-bond donors (Lipinski definition) is 1. The largest absolute Gasteiger partial charge is 0.481 e. The summed E-state index contributed by atoms with van der Waals surface area (Å²) in [5.74, 6) is -0.336. The molecular formula is C9H9N3O2.